The van der Waals surface area contributed by atoms with Crippen molar-refractivity contribution in [3.8, 4) is 23.1 Å². The number of hydrogen-bond acceptors (Lipinski definition) is 13. The van der Waals surface area contributed by atoms with Crippen LogP contribution < -0.4 is 47.9 Å². The number of carbonyl (C=O) groups excluding carboxylic acids is 2. The average Bonchev–Trinajstić information content (AvgIpc) is 3.27. The highest BCUT2D eigenvalue weighted by molar-refractivity contribution is 9.11. The van der Waals surface area contributed by atoms with Gasteiger partial charge in [0.25, 0.3) is 0 Å². The lowest BCUT2D eigenvalue weighted by molar-refractivity contribution is -0.154. The fourth-order valence-electron chi connectivity index (χ4n) is 4.73. The van der Waals surface area contributed by atoms with Crippen molar-refractivity contribution in [3.05, 3.63) is 78.2 Å². The first-order chi connectivity index (χ1) is 31.4. The highest BCUT2D eigenvalue weighted by Gasteiger charge is 2.14. The molecule has 13 radical (unpaired) electrons. The number of halogens is 4. The smallest absolute Gasteiger partial charge is 0.344 e. The number of methoxy groups -OCH3 is 3. The van der Waals surface area contributed by atoms with E-state index in [0.717, 1.165) is 14.7 Å². The molecule has 0 spiro atoms. The molecule has 1 aromatic heterocycles. The third-order valence-electron chi connectivity index (χ3n) is 7.56. The van der Waals surface area contributed by atoms with Crippen molar-refractivity contribution in [1.29, 1.82) is 0 Å². The lowest BCUT2D eigenvalue weighted by atomic mass is 8.77. The molecule has 0 fully saturated rings. The summed E-state index contributed by atoms with van der Waals surface area (Å²) in [6, 6.07) is 15.9. The van der Waals surface area contributed by atoms with Crippen LogP contribution in [0.25, 0.3) is 10.9 Å². The van der Waals surface area contributed by atoms with Crippen molar-refractivity contribution in [3.63, 3.8) is 0 Å². The summed E-state index contributed by atoms with van der Waals surface area (Å²) in [4.78, 5) is 41.5. The molecule has 0 saturated carbocycles. The largest absolute Gasteiger partial charge is 1.00 e. The highest BCUT2D eigenvalue weighted by Crippen LogP contribution is 2.35. The topological polar surface area (TPSA) is 205 Å². The van der Waals surface area contributed by atoms with Gasteiger partial charge in [-0.3, -0.25) is 14.4 Å². The van der Waals surface area contributed by atoms with Crippen molar-refractivity contribution in [1.82, 2.24) is 4.98 Å². The van der Waals surface area contributed by atoms with Crippen LogP contribution in [0, 0.1) is 0 Å². The van der Waals surface area contributed by atoms with Crippen LogP contribution >= 0.6 is 47.8 Å². The normalized spacial score (nSPS) is 9.33. The number of aliphatic imine (C=N–C) groups is 1. The predicted octanol–water partition coefficient (Wildman–Crippen LogP) is 2.20. The average molecular weight is 1170 g/mol. The van der Waals surface area contributed by atoms with Gasteiger partial charge in [-0.05, 0) is 119 Å². The number of ether oxygens (including phenoxy) is 8. The molecule has 3 aromatic carbocycles. The van der Waals surface area contributed by atoms with E-state index in [9.17, 15) is 14.4 Å². The molecule has 5 N–H and O–H groups in total. The van der Waals surface area contributed by atoms with Crippen LogP contribution in [0.1, 0.15) is 62.3 Å². The summed E-state index contributed by atoms with van der Waals surface area (Å²) >= 11 is 10.1. The summed E-state index contributed by atoms with van der Waals surface area (Å²) in [6.07, 6.45) is -0.729. The van der Waals surface area contributed by atoms with Crippen molar-refractivity contribution in [2.45, 2.75) is 62.3 Å². The summed E-state index contributed by atoms with van der Waals surface area (Å²) < 4.78 is 42.7. The van der Waals surface area contributed by atoms with Gasteiger partial charge in [0.2, 0.25) is 0 Å². The van der Waals surface area contributed by atoms with E-state index >= 15 is 0 Å². The Hall–Kier alpha value is -3.94. The number of anilines is 1. The van der Waals surface area contributed by atoms with Crippen molar-refractivity contribution < 1.29 is 65.3 Å². The third-order valence-corrected chi connectivity index (χ3v) is 9.99. The summed E-state index contributed by atoms with van der Waals surface area (Å²) in [5.41, 5.74) is 7.50. The Morgan fingerprint density at radius 1 is 0.743 bits per heavy atom. The molecule has 0 atom stereocenters. The number of fused-ring (bicyclic) bond motifs is 1. The second-order valence-electron chi connectivity index (χ2n) is 12.4. The number of aromatic nitrogens is 1. The molecule has 369 valence electrons. The second-order valence-corrected chi connectivity index (χ2v) is 14.8. The Balaban J connectivity index is -0.000000258. The minimum atomic E-state index is -0.482. The molecule has 70 heavy (non-hydrogen) atoms. The number of hydrogen-bond donors (Lipinski definition) is 3. The van der Waals surface area contributed by atoms with E-state index in [0.29, 0.717) is 83.1 Å². The minimum absolute atomic E-state index is 0. The van der Waals surface area contributed by atoms with E-state index in [1.807, 2.05) is 44.2 Å². The number of nitrogens with zero attached hydrogens (tertiary/aromatic N) is 1. The zero-order chi connectivity index (χ0) is 50.2. The van der Waals surface area contributed by atoms with Gasteiger partial charge in [0.15, 0.2) is 23.6 Å². The maximum Gasteiger partial charge on any atom is 0.344 e. The molecule has 0 amide bonds. The van der Waals surface area contributed by atoms with Crippen LogP contribution in [-0.4, -0.2) is 149 Å². The number of aromatic amines is 1. The molecule has 1 heterocycles. The number of H-pyrrole nitrogens is 1. The van der Waals surface area contributed by atoms with Crippen molar-refractivity contribution >= 4 is 160 Å². The van der Waals surface area contributed by atoms with Crippen LogP contribution in [0.5, 0.6) is 23.1 Å². The Labute approximate surface area is 456 Å². The highest BCUT2D eigenvalue weighted by atomic mass is 79.9. The Bertz CT molecular complexity index is 2180. The molecule has 4 rings (SSSR count). The molecule has 0 aliphatic heterocycles. The number of rotatable bonds is 17. The Morgan fingerprint density at radius 2 is 1.24 bits per heavy atom. The molecule has 0 aliphatic carbocycles. The SMILES string of the molecule is C.C.CCOC(=O)CC(=Nc1cccc(OC)c1Br)OCC.CCOC(=[NH2+])CC(=O)OCC.CCOc1cc(=O)c2ccc(OC)c(Br)c2[nH]1.COc1cccc(N)c1Br.[B].[B][B]B([B])[B]B([B])[B].[Cl-]. The van der Waals surface area contributed by atoms with Gasteiger partial charge in [-0.15, -0.1) is 0 Å². The van der Waals surface area contributed by atoms with Gasteiger partial charge in [-0.2, -0.15) is 0 Å². The van der Waals surface area contributed by atoms with Gasteiger partial charge >= 0.3 is 17.8 Å². The number of nitrogens with two attached hydrogens (primary N) is 2. The van der Waals surface area contributed by atoms with E-state index < -0.39 is 6.39 Å². The standard InChI is InChI=1S/C14H18BrNO4.C12H12BrNO3.C7H8BrNO.C7H13NO3.2CH4.B8.B.ClH/c1-4-19-12(9-13(17)20-5-2)16-10-7-6-8-11(18-3)14(10)15;1-3-17-10-6-8(15)7-4-5-9(16-2)11(13)12(7)14-10;1-10-6-4-2-3-5(9)7(6)8;1-3-10-6(8)5-7(9)11-4-2;;;1-5-8(4)6-7(2)3;;/h6-8H,4-5,9H2,1-3H3;4-6H,3H2,1-2H3,(H,14,15);2-4H,9H2,1H3;8H,3-5H2,1-2H3;2*1H4;;;1H. The molecular weight excluding hydrogens is 1110 g/mol. The maximum absolute atomic E-state index is 11.9. The van der Waals surface area contributed by atoms with Crippen LogP contribution in [-0.2, 0) is 28.5 Å². The van der Waals surface area contributed by atoms with E-state index in [-0.39, 0.29) is 78.2 Å². The number of carbonyl (C=O) groups is 2. The first kappa shape index (κ1) is 75.0. The molecule has 15 nitrogen and oxygen atoms in total. The van der Waals surface area contributed by atoms with Gasteiger partial charge in [0, 0.05) is 83.4 Å². The second kappa shape index (κ2) is 43.8. The van der Waals surface area contributed by atoms with E-state index in [1.54, 1.807) is 67.4 Å². The number of nitrogen functional groups attached to an aromatic ring is 1. The third kappa shape index (κ3) is 30.1. The Kier molecular flexibility index (Phi) is 47.0. The first-order valence-corrected chi connectivity index (χ1v) is 22.6. The number of nitrogens with one attached hydrogen (secondary N) is 1. The van der Waals surface area contributed by atoms with Gasteiger partial charge in [0.05, 0.1) is 79.0 Å². The number of pyridine rings is 1. The van der Waals surface area contributed by atoms with E-state index in [4.69, 9.17) is 75.2 Å². The molecular formula is C42H60B9Br3ClN4O11. The Morgan fingerprint density at radius 3 is 1.70 bits per heavy atom. The fraction of sp³-hybridized carbons (Fsp3) is 0.405. The van der Waals surface area contributed by atoms with Crippen LogP contribution in [0.15, 0.2) is 77.8 Å². The predicted molar refractivity (Wildman–Crippen MR) is 301 cm³/mol. The van der Waals surface area contributed by atoms with Crippen molar-refractivity contribution in [2.24, 2.45) is 4.99 Å². The van der Waals surface area contributed by atoms with Gasteiger partial charge in [-0.25, -0.2) is 10.4 Å². The van der Waals surface area contributed by atoms with Crippen molar-refractivity contribution in [2.75, 3.05) is 60.1 Å². The molecule has 0 aliphatic rings. The minimum Gasteiger partial charge on any atom is -1.00 e. The molecule has 4 aromatic rings. The van der Waals surface area contributed by atoms with Gasteiger partial charge in [0.1, 0.15) is 23.7 Å². The quantitative estimate of drug-likeness (QED) is 0.0458. The monoisotopic (exact) mass is 1170 g/mol. The zero-order valence-corrected chi connectivity index (χ0v) is 45.0. The molecule has 0 bridgehead atoms. The summed E-state index contributed by atoms with van der Waals surface area (Å²) in [5, 5.41) is 5.91. The van der Waals surface area contributed by atoms with Crippen LogP contribution in [0.3, 0.4) is 0 Å². The molecule has 0 saturated heterocycles. The summed E-state index contributed by atoms with van der Waals surface area (Å²) in [7, 11) is 28.2. The zero-order valence-electron chi connectivity index (χ0n) is 39.4. The van der Waals surface area contributed by atoms with Crippen LogP contribution in [0.2, 0.25) is 0 Å². The molecule has 0 unspecified atom stereocenters. The lowest BCUT2D eigenvalue weighted by Crippen LogP contribution is -3.00. The lowest BCUT2D eigenvalue weighted by Gasteiger charge is -2.09. The number of benzene rings is 3. The number of esters is 2. The maximum atomic E-state index is 11.9. The summed E-state index contributed by atoms with van der Waals surface area (Å²) in [6.45, 7) is 11.1. The molecule has 28 heteroatoms. The summed E-state index contributed by atoms with van der Waals surface area (Å²) in [5.74, 6) is 2.38. The fourth-order valence-corrected chi connectivity index (χ4v) is 6.28. The van der Waals surface area contributed by atoms with Gasteiger partial charge in [-0.1, -0.05) is 27.0 Å². The first-order valence-electron chi connectivity index (χ1n) is 20.3. The van der Waals surface area contributed by atoms with Gasteiger partial charge < -0.3 is 61.0 Å². The van der Waals surface area contributed by atoms with E-state index in [2.05, 4.69) is 62.5 Å². The van der Waals surface area contributed by atoms with E-state index in [1.165, 1.54) is 13.1 Å². The van der Waals surface area contributed by atoms with Crippen LogP contribution in [0.4, 0.5) is 11.4 Å².